The minimum absolute atomic E-state index is 0.0375. The number of hydrogen-bond donors (Lipinski definition) is 0. The van der Waals surface area contributed by atoms with Gasteiger partial charge in [-0.25, -0.2) is 19.7 Å². The van der Waals surface area contributed by atoms with Crippen LogP contribution in [0.4, 0.5) is 0 Å². The van der Waals surface area contributed by atoms with Crippen molar-refractivity contribution in [3.63, 3.8) is 0 Å². The van der Waals surface area contributed by atoms with E-state index in [9.17, 15) is 4.79 Å². The van der Waals surface area contributed by atoms with Gasteiger partial charge in [0.05, 0.1) is 11.0 Å². The second-order valence-electron chi connectivity index (χ2n) is 11.5. The maximum Gasteiger partial charge on any atom is 0.328 e. The molecule has 0 saturated heterocycles. The lowest BCUT2D eigenvalue weighted by Gasteiger charge is -2.13. The van der Waals surface area contributed by atoms with Gasteiger partial charge in [0.2, 0.25) is 0 Å². The Morgan fingerprint density at radius 1 is 0.413 bits per heavy atom. The molecule has 6 nitrogen and oxygen atoms in total. The number of fused-ring (bicyclic) bond motifs is 2. The number of aromatic nitrogens is 5. The second kappa shape index (κ2) is 11.1. The van der Waals surface area contributed by atoms with Gasteiger partial charge in [0.25, 0.3) is 0 Å². The highest BCUT2D eigenvalue weighted by molar-refractivity contribution is 5.91. The van der Waals surface area contributed by atoms with Crippen LogP contribution in [0.15, 0.2) is 144 Å². The topological polar surface area (TPSA) is 65.6 Å². The maximum absolute atomic E-state index is 12.5. The van der Waals surface area contributed by atoms with Crippen LogP contribution >= 0.6 is 0 Å². The average molecular weight is 596 g/mol. The summed E-state index contributed by atoms with van der Waals surface area (Å²) in [6, 6.07) is 47.6. The molecule has 0 bridgehead atoms. The zero-order valence-corrected chi connectivity index (χ0v) is 25.4. The zero-order chi connectivity index (χ0) is 31.2. The largest absolute Gasteiger partial charge is 0.328 e. The molecule has 0 N–H and O–H groups in total. The molecule has 8 rings (SSSR count). The fraction of sp³-hybridized carbons (Fsp3) is 0.0500. The average Bonchev–Trinajstić information content (AvgIpc) is 3.34. The lowest BCUT2D eigenvalue weighted by Crippen LogP contribution is -2.19. The third-order valence-corrected chi connectivity index (χ3v) is 8.64. The van der Waals surface area contributed by atoms with Crippen LogP contribution in [0.3, 0.4) is 0 Å². The van der Waals surface area contributed by atoms with Crippen molar-refractivity contribution in [2.75, 3.05) is 0 Å². The van der Waals surface area contributed by atoms with Gasteiger partial charge >= 0.3 is 5.69 Å². The van der Waals surface area contributed by atoms with Gasteiger partial charge in [-0.2, -0.15) is 0 Å². The first-order valence-electron chi connectivity index (χ1n) is 15.2. The first kappa shape index (κ1) is 27.4. The molecule has 46 heavy (non-hydrogen) atoms. The minimum Gasteiger partial charge on any atom is -0.295 e. The van der Waals surface area contributed by atoms with Crippen LogP contribution in [0.2, 0.25) is 0 Å². The molecule has 6 aromatic carbocycles. The predicted molar refractivity (Wildman–Crippen MR) is 186 cm³/mol. The highest BCUT2D eigenvalue weighted by Crippen LogP contribution is 2.34. The van der Waals surface area contributed by atoms with E-state index in [0.717, 1.165) is 50.0 Å². The van der Waals surface area contributed by atoms with E-state index in [1.54, 1.807) is 23.2 Å². The molecule has 0 aliphatic rings. The predicted octanol–water partition coefficient (Wildman–Crippen LogP) is 8.55. The SMILES string of the molecule is Cn1c(=O)n(C)c2cc(-c3ccc(-c4nc(-c5ccccc5)nc(-c5ccccc5-c5ccc6ccccc6c5)n4)cc3)ccc21. The highest BCUT2D eigenvalue weighted by atomic mass is 16.1. The third-order valence-electron chi connectivity index (χ3n) is 8.64. The molecule has 220 valence electrons. The molecule has 0 fully saturated rings. The van der Waals surface area contributed by atoms with Crippen molar-refractivity contribution in [1.29, 1.82) is 0 Å². The molecule has 0 saturated carbocycles. The lowest BCUT2D eigenvalue weighted by molar-refractivity contribution is 0.795. The molecular formula is C40H29N5O. The molecule has 0 aliphatic carbocycles. The summed E-state index contributed by atoms with van der Waals surface area (Å²) < 4.78 is 3.35. The third kappa shape index (κ3) is 4.77. The van der Waals surface area contributed by atoms with Crippen LogP contribution in [0.25, 0.3) is 78.2 Å². The van der Waals surface area contributed by atoms with E-state index in [-0.39, 0.29) is 5.69 Å². The van der Waals surface area contributed by atoms with E-state index in [1.807, 2.05) is 54.6 Å². The normalized spacial score (nSPS) is 11.3. The number of hydrogen-bond acceptors (Lipinski definition) is 4. The fourth-order valence-electron chi connectivity index (χ4n) is 6.13. The summed E-state index contributed by atoms with van der Waals surface area (Å²) in [6.07, 6.45) is 0. The Morgan fingerprint density at radius 3 is 1.72 bits per heavy atom. The van der Waals surface area contributed by atoms with Gasteiger partial charge in [0, 0.05) is 30.8 Å². The van der Waals surface area contributed by atoms with E-state index in [0.29, 0.717) is 17.5 Å². The molecule has 2 heterocycles. The van der Waals surface area contributed by atoms with Crippen molar-refractivity contribution in [2.45, 2.75) is 0 Å². The van der Waals surface area contributed by atoms with Crippen molar-refractivity contribution >= 4 is 21.8 Å². The maximum atomic E-state index is 12.5. The van der Waals surface area contributed by atoms with Gasteiger partial charge in [-0.15, -0.1) is 0 Å². The van der Waals surface area contributed by atoms with E-state index in [4.69, 9.17) is 15.0 Å². The lowest BCUT2D eigenvalue weighted by atomic mass is 9.96. The van der Waals surface area contributed by atoms with Gasteiger partial charge < -0.3 is 0 Å². The first-order valence-corrected chi connectivity index (χ1v) is 15.2. The van der Waals surface area contributed by atoms with Crippen molar-refractivity contribution in [3.8, 4) is 56.4 Å². The molecule has 0 spiro atoms. The molecule has 0 atom stereocenters. The number of nitrogens with zero attached hydrogens (tertiary/aromatic N) is 5. The molecule has 2 aromatic heterocycles. The van der Waals surface area contributed by atoms with Crippen LogP contribution in [0.1, 0.15) is 0 Å². The van der Waals surface area contributed by atoms with Crippen molar-refractivity contribution < 1.29 is 0 Å². The summed E-state index contributed by atoms with van der Waals surface area (Å²) in [7, 11) is 3.60. The van der Waals surface area contributed by atoms with Gasteiger partial charge in [-0.05, 0) is 51.2 Å². The quantitative estimate of drug-likeness (QED) is 0.200. The molecule has 0 unspecified atom stereocenters. The van der Waals surface area contributed by atoms with E-state index >= 15 is 0 Å². The number of imidazole rings is 1. The smallest absolute Gasteiger partial charge is 0.295 e. The van der Waals surface area contributed by atoms with E-state index in [2.05, 4.69) is 84.9 Å². The van der Waals surface area contributed by atoms with Crippen molar-refractivity contribution in [1.82, 2.24) is 24.1 Å². The van der Waals surface area contributed by atoms with Crippen molar-refractivity contribution in [2.24, 2.45) is 14.1 Å². The standard InChI is InChI=1S/C40H29N5O/c1-44-35-23-22-31(25-36(35)45(2)40(44)46)27-16-19-29(20-17-27)38-41-37(28-11-4-3-5-12-28)42-39(43-38)34-15-9-8-14-33(34)32-21-18-26-10-6-7-13-30(26)24-32/h3-25H,1-2H3. The van der Waals surface area contributed by atoms with Gasteiger partial charge in [-0.1, -0.05) is 121 Å². The minimum atomic E-state index is -0.0375. The summed E-state index contributed by atoms with van der Waals surface area (Å²) in [6.45, 7) is 0. The molecule has 0 radical (unpaired) electrons. The molecule has 6 heteroatoms. The van der Waals surface area contributed by atoms with Gasteiger partial charge in [0.15, 0.2) is 17.5 Å². The Morgan fingerprint density at radius 2 is 0.957 bits per heavy atom. The Bertz CT molecular complexity index is 2460. The Labute approximate surface area is 265 Å². The fourth-order valence-corrected chi connectivity index (χ4v) is 6.13. The monoisotopic (exact) mass is 595 g/mol. The van der Waals surface area contributed by atoms with E-state index < -0.39 is 0 Å². The van der Waals surface area contributed by atoms with Crippen LogP contribution in [0, 0.1) is 0 Å². The van der Waals surface area contributed by atoms with Gasteiger partial charge in [-0.3, -0.25) is 9.13 Å². The van der Waals surface area contributed by atoms with Gasteiger partial charge in [0.1, 0.15) is 0 Å². The number of rotatable bonds is 5. The van der Waals surface area contributed by atoms with Crippen molar-refractivity contribution in [3.05, 3.63) is 150 Å². The summed E-state index contributed by atoms with van der Waals surface area (Å²) in [5.74, 6) is 1.84. The molecule has 0 amide bonds. The van der Waals surface area contributed by atoms with Crippen LogP contribution < -0.4 is 5.69 Å². The summed E-state index contributed by atoms with van der Waals surface area (Å²) in [5, 5.41) is 2.39. The van der Waals surface area contributed by atoms with Crippen LogP contribution in [-0.2, 0) is 14.1 Å². The van der Waals surface area contributed by atoms with E-state index in [1.165, 1.54) is 10.8 Å². The highest BCUT2D eigenvalue weighted by Gasteiger charge is 2.16. The summed E-state index contributed by atoms with van der Waals surface area (Å²) in [5.41, 5.74) is 8.76. The zero-order valence-electron chi connectivity index (χ0n) is 25.4. The molecular weight excluding hydrogens is 566 g/mol. The Hall–Kier alpha value is -6.14. The molecule has 8 aromatic rings. The number of aryl methyl sites for hydroxylation is 2. The Balaban J connectivity index is 1.24. The summed E-state index contributed by atoms with van der Waals surface area (Å²) >= 11 is 0. The first-order chi connectivity index (χ1) is 22.5. The summed E-state index contributed by atoms with van der Waals surface area (Å²) in [4.78, 5) is 27.5. The molecule has 0 aliphatic heterocycles. The Kier molecular flexibility index (Phi) is 6.61. The van der Waals surface area contributed by atoms with Crippen LogP contribution in [0.5, 0.6) is 0 Å². The number of benzene rings is 6. The second-order valence-corrected chi connectivity index (χ2v) is 11.5. The van der Waals surface area contributed by atoms with Crippen LogP contribution in [-0.4, -0.2) is 24.1 Å².